The fraction of sp³-hybridized carbons (Fsp3) is 0.882. The van der Waals surface area contributed by atoms with Crippen molar-refractivity contribution in [3.05, 3.63) is 0 Å². The van der Waals surface area contributed by atoms with Gasteiger partial charge in [0, 0.05) is 26.2 Å². The van der Waals surface area contributed by atoms with Crippen molar-refractivity contribution >= 4 is 12.0 Å². The molecule has 2 amide bonds. The van der Waals surface area contributed by atoms with Crippen LogP contribution in [0.5, 0.6) is 0 Å². The molecule has 0 aliphatic carbocycles. The van der Waals surface area contributed by atoms with Gasteiger partial charge in [0.2, 0.25) is 5.91 Å². The van der Waals surface area contributed by atoms with Gasteiger partial charge in [-0.15, -0.1) is 0 Å². The van der Waals surface area contributed by atoms with Crippen molar-refractivity contribution in [1.29, 1.82) is 0 Å². The number of carbonyl (C=O) groups is 2. The first-order valence-corrected chi connectivity index (χ1v) is 8.46. The minimum Gasteiger partial charge on any atom is -0.444 e. The van der Waals surface area contributed by atoms with Gasteiger partial charge < -0.3 is 24.8 Å². The van der Waals surface area contributed by atoms with Gasteiger partial charge in [-0.2, -0.15) is 0 Å². The molecule has 0 spiro atoms. The van der Waals surface area contributed by atoms with Crippen LogP contribution in [0.4, 0.5) is 4.79 Å². The molecule has 1 fully saturated rings. The molecule has 1 unspecified atom stereocenters. The minimum absolute atomic E-state index is 0.132. The average molecular weight is 344 g/mol. The number of piperidine rings is 1. The molecule has 7 nitrogen and oxygen atoms in total. The smallest absolute Gasteiger partial charge is 0.410 e. The average Bonchev–Trinajstić information content (AvgIpc) is 2.50. The lowest BCUT2D eigenvalue weighted by molar-refractivity contribution is -0.130. The van der Waals surface area contributed by atoms with Crippen LogP contribution in [0.2, 0.25) is 0 Å². The van der Waals surface area contributed by atoms with Crippen LogP contribution in [0.15, 0.2) is 0 Å². The summed E-state index contributed by atoms with van der Waals surface area (Å²) < 4.78 is 10.6. The number of aliphatic hydroxyl groups excluding tert-OH is 1. The van der Waals surface area contributed by atoms with Crippen molar-refractivity contribution < 1.29 is 24.2 Å². The van der Waals surface area contributed by atoms with Gasteiger partial charge in [0.25, 0.3) is 0 Å². The summed E-state index contributed by atoms with van der Waals surface area (Å²) in [6.45, 7) is 9.69. The Morgan fingerprint density at radius 3 is 2.42 bits per heavy atom. The van der Waals surface area contributed by atoms with Crippen molar-refractivity contribution in [3.63, 3.8) is 0 Å². The lowest BCUT2D eigenvalue weighted by Gasteiger charge is -2.39. The maximum absolute atomic E-state index is 12.5. The topological polar surface area (TPSA) is 88.1 Å². The number of aliphatic hydroxyl groups is 1. The summed E-state index contributed by atoms with van der Waals surface area (Å²) in [7, 11) is 1.50. The van der Waals surface area contributed by atoms with Gasteiger partial charge in [-0.1, -0.05) is 0 Å². The Bertz CT molecular complexity index is 443. The first kappa shape index (κ1) is 20.7. The maximum atomic E-state index is 12.5. The van der Waals surface area contributed by atoms with Gasteiger partial charge >= 0.3 is 6.09 Å². The third-order valence-electron chi connectivity index (χ3n) is 4.42. The lowest BCUT2D eigenvalue weighted by atomic mass is 9.89. The van der Waals surface area contributed by atoms with Crippen molar-refractivity contribution in [3.8, 4) is 0 Å². The van der Waals surface area contributed by atoms with Crippen LogP contribution in [0, 0.1) is 5.92 Å². The summed E-state index contributed by atoms with van der Waals surface area (Å²) in [6, 6.07) is -0.239. The summed E-state index contributed by atoms with van der Waals surface area (Å²) in [6.07, 6.45) is 1.09. The highest BCUT2D eigenvalue weighted by Gasteiger charge is 2.37. The van der Waals surface area contributed by atoms with Crippen LogP contribution >= 0.6 is 0 Å². The second-order valence-corrected chi connectivity index (χ2v) is 7.69. The predicted molar refractivity (Wildman–Crippen MR) is 90.6 cm³/mol. The maximum Gasteiger partial charge on any atom is 0.410 e. The molecule has 0 saturated carbocycles. The van der Waals surface area contributed by atoms with E-state index in [1.165, 1.54) is 7.11 Å². The van der Waals surface area contributed by atoms with Crippen molar-refractivity contribution in [2.24, 2.45) is 5.92 Å². The van der Waals surface area contributed by atoms with E-state index < -0.39 is 11.2 Å². The Kier molecular flexibility index (Phi) is 7.04. The molecule has 7 heteroatoms. The number of methoxy groups -OCH3 is 1. The van der Waals surface area contributed by atoms with Gasteiger partial charge in [0.1, 0.15) is 11.2 Å². The Labute approximate surface area is 144 Å². The molecule has 0 aromatic heterocycles. The Morgan fingerprint density at radius 2 is 1.92 bits per heavy atom. The zero-order chi connectivity index (χ0) is 18.5. The highest BCUT2D eigenvalue weighted by atomic mass is 16.6. The minimum atomic E-state index is -0.807. The molecule has 0 aromatic rings. The van der Waals surface area contributed by atoms with E-state index in [1.54, 1.807) is 11.8 Å². The van der Waals surface area contributed by atoms with Gasteiger partial charge in [-0.3, -0.25) is 4.79 Å². The number of carbonyl (C=O) groups excluding carboxylic acids is 2. The largest absolute Gasteiger partial charge is 0.444 e. The molecule has 1 rings (SSSR count). The molecule has 2 N–H and O–H groups in total. The van der Waals surface area contributed by atoms with E-state index in [-0.39, 0.29) is 37.1 Å². The monoisotopic (exact) mass is 344 g/mol. The van der Waals surface area contributed by atoms with Gasteiger partial charge in [-0.05, 0) is 47.5 Å². The SMILES string of the molecule is COC(C)(CO)CNC(=O)[C@@H]1CCCN(C(=O)OC(C)(C)C)[C@@H]1C. The van der Waals surface area contributed by atoms with E-state index in [4.69, 9.17) is 9.47 Å². The summed E-state index contributed by atoms with van der Waals surface area (Å²) in [4.78, 5) is 26.5. The fourth-order valence-corrected chi connectivity index (χ4v) is 2.67. The van der Waals surface area contributed by atoms with Crippen LogP contribution in [0.3, 0.4) is 0 Å². The molecule has 3 atom stereocenters. The lowest BCUT2D eigenvalue weighted by Crippen LogP contribution is -2.54. The zero-order valence-electron chi connectivity index (χ0n) is 15.7. The van der Waals surface area contributed by atoms with Gasteiger partial charge in [0.05, 0.1) is 12.5 Å². The summed E-state index contributed by atoms with van der Waals surface area (Å²) >= 11 is 0. The molecule has 1 saturated heterocycles. The number of hydrogen-bond acceptors (Lipinski definition) is 5. The summed E-state index contributed by atoms with van der Waals surface area (Å²) in [5.41, 5.74) is -1.37. The fourth-order valence-electron chi connectivity index (χ4n) is 2.67. The van der Waals surface area contributed by atoms with Gasteiger partial charge in [0.15, 0.2) is 0 Å². The molecular formula is C17H32N2O5. The van der Waals surface area contributed by atoms with Crippen molar-refractivity contribution in [1.82, 2.24) is 10.2 Å². The molecule has 1 aliphatic rings. The number of rotatable bonds is 5. The molecule has 0 radical (unpaired) electrons. The highest BCUT2D eigenvalue weighted by Crippen LogP contribution is 2.25. The molecule has 1 heterocycles. The molecular weight excluding hydrogens is 312 g/mol. The summed E-state index contributed by atoms with van der Waals surface area (Å²) in [5.74, 6) is -0.432. The van der Waals surface area contributed by atoms with E-state index in [0.717, 1.165) is 12.8 Å². The third-order valence-corrected chi connectivity index (χ3v) is 4.42. The first-order valence-electron chi connectivity index (χ1n) is 8.46. The number of ether oxygens (including phenoxy) is 2. The van der Waals surface area contributed by atoms with Crippen molar-refractivity contribution in [2.45, 2.75) is 64.7 Å². The first-order chi connectivity index (χ1) is 11.0. The van der Waals surface area contributed by atoms with Crippen LogP contribution in [0.1, 0.15) is 47.5 Å². The number of likely N-dealkylation sites (tertiary alicyclic amines) is 1. The van der Waals surface area contributed by atoms with Crippen molar-refractivity contribution in [2.75, 3.05) is 26.8 Å². The molecule has 140 valence electrons. The van der Waals surface area contributed by atoms with Crippen LogP contribution < -0.4 is 5.32 Å². The highest BCUT2D eigenvalue weighted by molar-refractivity contribution is 5.80. The third kappa shape index (κ3) is 5.63. The van der Waals surface area contributed by atoms with Crippen LogP contribution in [0.25, 0.3) is 0 Å². The number of amides is 2. The van der Waals surface area contributed by atoms with E-state index in [0.29, 0.717) is 6.54 Å². The molecule has 0 aromatic carbocycles. The van der Waals surface area contributed by atoms with E-state index in [1.807, 2.05) is 27.7 Å². The van der Waals surface area contributed by atoms with E-state index in [9.17, 15) is 14.7 Å². The Morgan fingerprint density at radius 1 is 1.29 bits per heavy atom. The number of hydrogen-bond donors (Lipinski definition) is 2. The number of nitrogens with one attached hydrogen (secondary N) is 1. The van der Waals surface area contributed by atoms with Gasteiger partial charge in [-0.25, -0.2) is 4.79 Å². The Hall–Kier alpha value is -1.34. The summed E-state index contributed by atoms with van der Waals surface area (Å²) in [5, 5.41) is 12.2. The quantitative estimate of drug-likeness (QED) is 0.790. The van der Waals surface area contributed by atoms with Crippen LogP contribution in [-0.2, 0) is 14.3 Å². The van der Waals surface area contributed by atoms with Crippen LogP contribution in [-0.4, -0.2) is 66.1 Å². The predicted octanol–water partition coefficient (Wildman–Crippen LogP) is 1.54. The zero-order valence-corrected chi connectivity index (χ0v) is 15.7. The molecule has 0 bridgehead atoms. The number of nitrogens with zero attached hydrogens (tertiary/aromatic N) is 1. The standard InChI is InChI=1S/C17H32N2O5/c1-12-13(14(21)18-10-17(5,11-20)23-6)8-7-9-19(12)15(22)24-16(2,3)4/h12-13,20H,7-11H2,1-6H3,(H,18,21)/t12-,13-,17?/m1/s1. The van der Waals surface area contributed by atoms with E-state index >= 15 is 0 Å². The molecule has 24 heavy (non-hydrogen) atoms. The second-order valence-electron chi connectivity index (χ2n) is 7.69. The Balaban J connectivity index is 2.68. The second kappa shape index (κ2) is 8.16. The normalized spacial score (nSPS) is 24.2. The van der Waals surface area contributed by atoms with E-state index in [2.05, 4.69) is 5.32 Å². The molecule has 1 aliphatic heterocycles.